The maximum atomic E-state index is 9.39. The van der Waals surface area contributed by atoms with Crippen LogP contribution in [0.3, 0.4) is 0 Å². The molecular weight excluding hydrogens is 236 g/mol. The van der Waals surface area contributed by atoms with E-state index in [0.29, 0.717) is 17.3 Å². The van der Waals surface area contributed by atoms with Crippen molar-refractivity contribution < 1.29 is 5.11 Å². The summed E-state index contributed by atoms with van der Waals surface area (Å²) in [7, 11) is 0. The molecule has 0 bridgehead atoms. The highest BCUT2D eigenvalue weighted by atomic mass is 16.3. The van der Waals surface area contributed by atoms with Crippen LogP contribution in [0, 0.1) is 0 Å². The second-order valence-electron chi connectivity index (χ2n) is 6.26. The van der Waals surface area contributed by atoms with E-state index >= 15 is 0 Å². The van der Waals surface area contributed by atoms with Gasteiger partial charge in [-0.1, -0.05) is 25.0 Å². The minimum Gasteiger partial charge on any atom is -0.508 e. The number of phenolic OH excluding ortho intramolecular Hbond substituents is 1. The van der Waals surface area contributed by atoms with Gasteiger partial charge in [0.2, 0.25) is 0 Å². The number of piperazine rings is 1. The van der Waals surface area contributed by atoms with Gasteiger partial charge in [-0.3, -0.25) is 4.90 Å². The summed E-state index contributed by atoms with van der Waals surface area (Å²) in [5.74, 6) is 0.355. The summed E-state index contributed by atoms with van der Waals surface area (Å²) in [5.41, 5.74) is 1.68. The maximum absolute atomic E-state index is 9.39. The van der Waals surface area contributed by atoms with Gasteiger partial charge in [0.25, 0.3) is 0 Å². The Morgan fingerprint density at radius 2 is 1.95 bits per heavy atom. The van der Waals surface area contributed by atoms with Gasteiger partial charge in [0.15, 0.2) is 0 Å². The lowest BCUT2D eigenvalue weighted by Crippen LogP contribution is -2.62. The molecule has 3 rings (SSSR count). The molecule has 1 heterocycles. The number of aromatic hydroxyl groups is 1. The van der Waals surface area contributed by atoms with Crippen molar-refractivity contribution in [2.45, 2.75) is 50.7 Å². The number of hydrogen-bond donors (Lipinski definition) is 2. The highest BCUT2D eigenvalue weighted by Crippen LogP contribution is 2.37. The molecule has 1 aliphatic heterocycles. The van der Waals surface area contributed by atoms with E-state index in [1.807, 2.05) is 12.1 Å². The summed E-state index contributed by atoms with van der Waals surface area (Å²) in [6, 6.07) is 8.25. The van der Waals surface area contributed by atoms with E-state index in [0.717, 1.165) is 19.6 Å². The zero-order valence-corrected chi connectivity index (χ0v) is 11.7. The molecule has 3 heteroatoms. The molecule has 104 valence electrons. The second-order valence-corrected chi connectivity index (χ2v) is 6.26. The van der Waals surface area contributed by atoms with Gasteiger partial charge in [0.1, 0.15) is 5.75 Å². The Bertz CT molecular complexity index is 423. The molecule has 1 aliphatic carbocycles. The smallest absolute Gasteiger partial charge is 0.115 e. The van der Waals surface area contributed by atoms with E-state index in [-0.39, 0.29) is 0 Å². The van der Waals surface area contributed by atoms with Gasteiger partial charge in [0.05, 0.1) is 0 Å². The summed E-state index contributed by atoms with van der Waals surface area (Å²) in [6.07, 6.45) is 5.37. The first-order valence-corrected chi connectivity index (χ1v) is 7.44. The number of benzene rings is 1. The zero-order chi connectivity index (χ0) is 13.3. The molecule has 2 fully saturated rings. The third-order valence-corrected chi connectivity index (χ3v) is 4.79. The first kappa shape index (κ1) is 12.9. The molecule has 0 aromatic heterocycles. The van der Waals surface area contributed by atoms with Crippen molar-refractivity contribution in [3.8, 4) is 5.75 Å². The number of rotatable bonds is 2. The Morgan fingerprint density at radius 3 is 2.63 bits per heavy atom. The van der Waals surface area contributed by atoms with Crippen LogP contribution in [-0.4, -0.2) is 34.7 Å². The molecule has 0 radical (unpaired) electrons. The highest BCUT2D eigenvalue weighted by Gasteiger charge is 2.42. The fourth-order valence-corrected chi connectivity index (χ4v) is 3.64. The second kappa shape index (κ2) is 5.14. The van der Waals surface area contributed by atoms with Crippen molar-refractivity contribution in [1.29, 1.82) is 0 Å². The molecule has 0 amide bonds. The van der Waals surface area contributed by atoms with Crippen LogP contribution in [0.1, 0.15) is 38.2 Å². The van der Waals surface area contributed by atoms with Crippen molar-refractivity contribution in [2.75, 3.05) is 13.1 Å². The van der Waals surface area contributed by atoms with Crippen LogP contribution in [-0.2, 0) is 6.54 Å². The summed E-state index contributed by atoms with van der Waals surface area (Å²) in [4.78, 5) is 2.67. The van der Waals surface area contributed by atoms with Crippen LogP contribution in [0.5, 0.6) is 5.75 Å². The first-order chi connectivity index (χ1) is 9.18. The average Bonchev–Trinajstić information content (AvgIpc) is 2.87. The van der Waals surface area contributed by atoms with Crippen molar-refractivity contribution in [3.05, 3.63) is 29.8 Å². The standard InChI is InChI=1S/C16H24N2O/c1-13-10-18(11-14-4-6-15(19)7-5-14)16(12-17-13)8-2-3-9-16/h4-7,13,17,19H,2-3,8-12H2,1H3. The molecule has 1 saturated carbocycles. The molecule has 3 nitrogen and oxygen atoms in total. The summed E-state index contributed by atoms with van der Waals surface area (Å²) >= 11 is 0. The van der Waals surface area contributed by atoms with Gasteiger partial charge in [-0.2, -0.15) is 0 Å². The SMILES string of the molecule is CC1CN(Cc2ccc(O)cc2)C2(CCCC2)CN1. The zero-order valence-electron chi connectivity index (χ0n) is 11.7. The predicted molar refractivity (Wildman–Crippen MR) is 77.2 cm³/mol. The average molecular weight is 260 g/mol. The van der Waals surface area contributed by atoms with Crippen LogP contribution < -0.4 is 5.32 Å². The normalized spacial score (nSPS) is 26.9. The van der Waals surface area contributed by atoms with Gasteiger partial charge in [-0.15, -0.1) is 0 Å². The predicted octanol–water partition coefficient (Wildman–Crippen LogP) is 2.50. The van der Waals surface area contributed by atoms with E-state index in [9.17, 15) is 5.11 Å². The maximum Gasteiger partial charge on any atom is 0.115 e. The number of phenols is 1. The Hall–Kier alpha value is -1.06. The van der Waals surface area contributed by atoms with E-state index in [1.165, 1.54) is 31.2 Å². The third-order valence-electron chi connectivity index (χ3n) is 4.79. The van der Waals surface area contributed by atoms with E-state index in [1.54, 1.807) is 12.1 Å². The fourth-order valence-electron chi connectivity index (χ4n) is 3.64. The molecule has 1 aromatic carbocycles. The van der Waals surface area contributed by atoms with Crippen LogP contribution in [0.4, 0.5) is 0 Å². The minimum absolute atomic E-state index is 0.355. The molecular formula is C16H24N2O. The fraction of sp³-hybridized carbons (Fsp3) is 0.625. The van der Waals surface area contributed by atoms with Gasteiger partial charge >= 0.3 is 0 Å². The highest BCUT2D eigenvalue weighted by molar-refractivity contribution is 5.26. The monoisotopic (exact) mass is 260 g/mol. The summed E-state index contributed by atoms with van der Waals surface area (Å²) in [5, 5.41) is 13.0. The van der Waals surface area contributed by atoms with Crippen LogP contribution >= 0.6 is 0 Å². The van der Waals surface area contributed by atoms with Crippen molar-refractivity contribution in [3.63, 3.8) is 0 Å². The van der Waals surface area contributed by atoms with Crippen LogP contribution in [0.25, 0.3) is 0 Å². The number of hydrogen-bond acceptors (Lipinski definition) is 3. The van der Waals surface area contributed by atoms with E-state index in [2.05, 4.69) is 17.1 Å². The van der Waals surface area contributed by atoms with Crippen molar-refractivity contribution in [2.24, 2.45) is 0 Å². The first-order valence-electron chi connectivity index (χ1n) is 7.44. The van der Waals surface area contributed by atoms with Gasteiger partial charge in [-0.25, -0.2) is 0 Å². The largest absolute Gasteiger partial charge is 0.508 e. The van der Waals surface area contributed by atoms with Crippen LogP contribution in [0.15, 0.2) is 24.3 Å². The lowest BCUT2D eigenvalue weighted by molar-refractivity contribution is 0.0393. The Balaban J connectivity index is 1.77. The number of nitrogens with zero attached hydrogens (tertiary/aromatic N) is 1. The Labute approximate surface area is 115 Å². The van der Waals surface area contributed by atoms with E-state index in [4.69, 9.17) is 0 Å². The molecule has 1 unspecified atom stereocenters. The topological polar surface area (TPSA) is 35.5 Å². The Kier molecular flexibility index (Phi) is 3.50. The van der Waals surface area contributed by atoms with E-state index < -0.39 is 0 Å². The molecule has 1 spiro atoms. The van der Waals surface area contributed by atoms with Gasteiger partial charge in [-0.05, 0) is 37.5 Å². The summed E-state index contributed by atoms with van der Waals surface area (Å²) in [6.45, 7) is 5.53. The quantitative estimate of drug-likeness (QED) is 0.857. The molecule has 2 N–H and O–H groups in total. The van der Waals surface area contributed by atoms with Crippen molar-refractivity contribution >= 4 is 0 Å². The molecule has 1 saturated heterocycles. The molecule has 2 aliphatic rings. The Morgan fingerprint density at radius 1 is 1.26 bits per heavy atom. The van der Waals surface area contributed by atoms with Gasteiger partial charge in [0, 0.05) is 31.2 Å². The minimum atomic E-state index is 0.355. The molecule has 1 atom stereocenters. The molecule has 19 heavy (non-hydrogen) atoms. The third kappa shape index (κ3) is 2.63. The lowest BCUT2D eigenvalue weighted by Gasteiger charge is -2.48. The summed E-state index contributed by atoms with van der Waals surface area (Å²) < 4.78 is 0. The van der Waals surface area contributed by atoms with Gasteiger partial charge < -0.3 is 10.4 Å². The van der Waals surface area contributed by atoms with Crippen molar-refractivity contribution in [1.82, 2.24) is 10.2 Å². The van der Waals surface area contributed by atoms with Crippen LogP contribution in [0.2, 0.25) is 0 Å². The lowest BCUT2D eigenvalue weighted by atomic mass is 9.90. The number of nitrogens with one attached hydrogen (secondary N) is 1. The molecule has 1 aromatic rings.